The van der Waals surface area contributed by atoms with Crippen LogP contribution >= 0.6 is 11.3 Å². The summed E-state index contributed by atoms with van der Waals surface area (Å²) in [6.07, 6.45) is 5.92. The summed E-state index contributed by atoms with van der Waals surface area (Å²) in [5, 5.41) is 2.83. The molecule has 0 fully saturated rings. The molecule has 1 rings (SSSR count). The van der Waals surface area contributed by atoms with E-state index in [1.54, 1.807) is 17.5 Å². The molecule has 0 bridgehead atoms. The molecule has 0 aliphatic rings. The van der Waals surface area contributed by atoms with Crippen LogP contribution in [0.2, 0.25) is 0 Å². The molecule has 0 aliphatic heterocycles. The van der Waals surface area contributed by atoms with Crippen LogP contribution in [-0.4, -0.2) is 17.5 Å². The van der Waals surface area contributed by atoms with Crippen molar-refractivity contribution < 1.29 is 0 Å². The lowest BCUT2D eigenvalue weighted by molar-refractivity contribution is 1.38. The Labute approximate surface area is 61.0 Å². The van der Waals surface area contributed by atoms with Gasteiger partial charge in [0, 0.05) is 11.6 Å². The van der Waals surface area contributed by atoms with E-state index in [9.17, 15) is 0 Å². The molecule has 2 nitrogen and oxygen atoms in total. The predicted octanol–water partition coefficient (Wildman–Crippen LogP) is 1.84. The van der Waals surface area contributed by atoms with Gasteiger partial charge < -0.3 is 0 Å². The van der Waals surface area contributed by atoms with E-state index >= 15 is 0 Å². The Morgan fingerprint density at radius 3 is 2.89 bits per heavy atom. The number of nitrogens with zero attached hydrogens (tertiary/aromatic N) is 2. The van der Waals surface area contributed by atoms with Gasteiger partial charge in [-0.3, -0.25) is 0 Å². The molecule has 9 heavy (non-hydrogen) atoms. The smallest absolute Gasteiger partial charge is 0.215 e. The molecule has 4 heteroatoms. The molecule has 0 unspecified atom stereocenters. The highest BCUT2D eigenvalue weighted by Crippen LogP contribution is 2.14. The van der Waals surface area contributed by atoms with Crippen molar-refractivity contribution in [3.05, 3.63) is 11.6 Å². The lowest BCUT2D eigenvalue weighted by atomic mass is 11.0. The summed E-state index contributed by atoms with van der Waals surface area (Å²) in [5.41, 5.74) is 0. The molecule has 1 aromatic heterocycles. The van der Waals surface area contributed by atoms with E-state index in [-0.39, 0.29) is 10.7 Å². The minimum Gasteiger partial charge on any atom is -0.226 e. The average Bonchev–Trinajstić information content (AvgIpc) is 2.15. The second kappa shape index (κ2) is 3.08. The topological polar surface area (TPSA) is 25.2 Å². The first-order valence-electron chi connectivity index (χ1n) is 2.48. The molecule has 0 aliphatic carbocycles. The Morgan fingerprint density at radius 1 is 1.67 bits per heavy atom. The Hall–Kier alpha value is -0.220. The van der Waals surface area contributed by atoms with Gasteiger partial charge in [-0.2, -0.15) is 4.36 Å². The van der Waals surface area contributed by atoms with Crippen LogP contribution < -0.4 is 0 Å². The summed E-state index contributed by atoms with van der Waals surface area (Å²) >= 11 is 1.58. The van der Waals surface area contributed by atoms with Gasteiger partial charge in [-0.15, -0.1) is 11.3 Å². The molecule has 0 radical (unpaired) electrons. The Bertz CT molecular complexity index is 199. The van der Waals surface area contributed by atoms with Crippen molar-refractivity contribution in [3.8, 4) is 0 Å². The zero-order valence-electron chi connectivity index (χ0n) is 5.37. The van der Waals surface area contributed by atoms with Crippen molar-refractivity contribution in [2.45, 2.75) is 0 Å². The first kappa shape index (κ1) is 6.89. The Morgan fingerprint density at radius 2 is 2.44 bits per heavy atom. The highest BCUT2D eigenvalue weighted by atomic mass is 32.2. The standard InChI is InChI=1S/C5H8N2S2/c1-9(2)7-5-6-3-4-8-5/h3-4H,1-2H3. The maximum absolute atomic E-state index is 4.25. The van der Waals surface area contributed by atoms with E-state index in [4.69, 9.17) is 0 Å². The SMILES string of the molecule is CS(C)=Nc1nccs1. The number of rotatable bonds is 1. The highest BCUT2D eigenvalue weighted by molar-refractivity contribution is 7.86. The lowest BCUT2D eigenvalue weighted by Gasteiger charge is -1.84. The average molecular weight is 160 g/mol. The van der Waals surface area contributed by atoms with Crippen molar-refractivity contribution >= 4 is 27.2 Å². The molecule has 50 valence electrons. The van der Waals surface area contributed by atoms with Gasteiger partial charge in [-0.1, -0.05) is 10.7 Å². The zero-order chi connectivity index (χ0) is 6.69. The quantitative estimate of drug-likeness (QED) is 0.615. The van der Waals surface area contributed by atoms with Crippen LogP contribution in [-0.2, 0) is 10.7 Å². The summed E-state index contributed by atoms with van der Waals surface area (Å²) in [7, 11) is 0.128. The van der Waals surface area contributed by atoms with Crippen LogP contribution in [0, 0.1) is 0 Å². The van der Waals surface area contributed by atoms with Crippen molar-refractivity contribution in [2.24, 2.45) is 4.36 Å². The first-order valence-corrected chi connectivity index (χ1v) is 5.36. The Balaban J connectivity index is 2.80. The zero-order valence-corrected chi connectivity index (χ0v) is 7.00. The van der Waals surface area contributed by atoms with Crippen molar-refractivity contribution in [3.63, 3.8) is 0 Å². The summed E-state index contributed by atoms with van der Waals surface area (Å²) < 4.78 is 4.25. The van der Waals surface area contributed by atoms with E-state index in [2.05, 4.69) is 21.9 Å². The number of thiazole rings is 1. The molecule has 0 N–H and O–H groups in total. The van der Waals surface area contributed by atoms with Crippen LogP contribution in [0.25, 0.3) is 0 Å². The number of aromatic nitrogens is 1. The molecule has 0 spiro atoms. The first-order chi connectivity index (χ1) is 4.29. The van der Waals surface area contributed by atoms with E-state index < -0.39 is 0 Å². The predicted molar refractivity (Wildman–Crippen MR) is 43.4 cm³/mol. The molecule has 0 saturated carbocycles. The van der Waals surface area contributed by atoms with E-state index in [1.165, 1.54) is 0 Å². The second-order valence-corrected chi connectivity index (χ2v) is 4.28. The third-order valence-electron chi connectivity index (χ3n) is 0.680. The fourth-order valence-electron chi connectivity index (χ4n) is 0.417. The highest BCUT2D eigenvalue weighted by Gasteiger charge is 1.86. The fourth-order valence-corrected chi connectivity index (χ4v) is 1.76. The van der Waals surface area contributed by atoms with Gasteiger partial charge in [-0.05, 0) is 12.5 Å². The van der Waals surface area contributed by atoms with E-state index in [1.807, 2.05) is 5.38 Å². The molecule has 0 saturated heterocycles. The van der Waals surface area contributed by atoms with Gasteiger partial charge in [-0.25, -0.2) is 4.98 Å². The van der Waals surface area contributed by atoms with Crippen LogP contribution in [0.1, 0.15) is 0 Å². The van der Waals surface area contributed by atoms with Gasteiger partial charge in [0.05, 0.1) is 0 Å². The van der Waals surface area contributed by atoms with Crippen LogP contribution in [0.3, 0.4) is 0 Å². The van der Waals surface area contributed by atoms with Crippen LogP contribution in [0.5, 0.6) is 0 Å². The molecule has 0 amide bonds. The second-order valence-electron chi connectivity index (χ2n) is 1.68. The fraction of sp³-hybridized carbons (Fsp3) is 0.400. The van der Waals surface area contributed by atoms with E-state index in [0.717, 1.165) is 5.13 Å². The summed E-state index contributed by atoms with van der Waals surface area (Å²) in [6.45, 7) is 0. The van der Waals surface area contributed by atoms with Gasteiger partial charge in [0.25, 0.3) is 0 Å². The molecule has 0 atom stereocenters. The van der Waals surface area contributed by atoms with Crippen molar-refractivity contribution in [2.75, 3.05) is 12.5 Å². The third-order valence-corrected chi connectivity index (χ3v) is 2.00. The maximum atomic E-state index is 4.25. The monoisotopic (exact) mass is 160 g/mol. The molecular weight excluding hydrogens is 152 g/mol. The number of hydrogen-bond acceptors (Lipinski definition) is 3. The molecule has 1 heterocycles. The van der Waals surface area contributed by atoms with Crippen LogP contribution in [0.4, 0.5) is 5.13 Å². The maximum Gasteiger partial charge on any atom is 0.215 e. The van der Waals surface area contributed by atoms with Crippen molar-refractivity contribution in [1.29, 1.82) is 0 Å². The summed E-state index contributed by atoms with van der Waals surface area (Å²) in [4.78, 5) is 4.02. The summed E-state index contributed by atoms with van der Waals surface area (Å²) in [6, 6.07) is 0. The van der Waals surface area contributed by atoms with Crippen LogP contribution in [0.15, 0.2) is 15.9 Å². The Kier molecular flexibility index (Phi) is 2.36. The molecule has 0 aromatic carbocycles. The van der Waals surface area contributed by atoms with Gasteiger partial charge in [0.2, 0.25) is 5.13 Å². The number of hydrogen-bond donors (Lipinski definition) is 0. The van der Waals surface area contributed by atoms with E-state index in [0.29, 0.717) is 0 Å². The lowest BCUT2D eigenvalue weighted by Crippen LogP contribution is -1.74. The largest absolute Gasteiger partial charge is 0.226 e. The molecular formula is C5H8N2S2. The van der Waals surface area contributed by atoms with Gasteiger partial charge in [0.15, 0.2) is 0 Å². The van der Waals surface area contributed by atoms with Gasteiger partial charge >= 0.3 is 0 Å². The minimum absolute atomic E-state index is 0.128. The molecule has 1 aromatic rings. The third kappa shape index (κ3) is 2.24. The minimum atomic E-state index is 0.128. The normalized spacial score (nSPS) is 10.1. The van der Waals surface area contributed by atoms with Crippen molar-refractivity contribution in [1.82, 2.24) is 4.98 Å². The summed E-state index contributed by atoms with van der Waals surface area (Å²) in [5.74, 6) is 0. The van der Waals surface area contributed by atoms with Gasteiger partial charge in [0.1, 0.15) is 0 Å².